The quantitative estimate of drug-likeness (QED) is 0.0594. The van der Waals surface area contributed by atoms with Gasteiger partial charge in [-0.25, -0.2) is 4.79 Å². The number of ether oxygens (including phenoxy) is 3. The number of hydrogen-bond acceptors (Lipinski definition) is 9. The Hall–Kier alpha value is -2.13. The molecule has 13 nitrogen and oxygen atoms in total. The van der Waals surface area contributed by atoms with Crippen LogP contribution in [0.1, 0.15) is 64.2 Å². The highest BCUT2D eigenvalue weighted by atomic mass is 32.2. The molecule has 0 bridgehead atoms. The monoisotopic (exact) mass is 617 g/mol. The summed E-state index contributed by atoms with van der Waals surface area (Å²) in [7, 11) is 0. The van der Waals surface area contributed by atoms with E-state index in [1.807, 2.05) is 11.8 Å². The van der Waals surface area contributed by atoms with Crippen LogP contribution in [0.25, 0.3) is 0 Å². The fourth-order valence-electron chi connectivity index (χ4n) is 4.60. The summed E-state index contributed by atoms with van der Waals surface area (Å²) < 4.78 is 16.5. The van der Waals surface area contributed by atoms with Gasteiger partial charge in [0, 0.05) is 69.7 Å². The molecule has 0 spiro atoms. The van der Waals surface area contributed by atoms with Crippen LogP contribution < -0.4 is 26.6 Å². The van der Waals surface area contributed by atoms with Gasteiger partial charge in [0.05, 0.1) is 38.5 Å². The van der Waals surface area contributed by atoms with Gasteiger partial charge in [0.1, 0.15) is 0 Å². The molecular weight excluding hydrogens is 566 g/mol. The Kier molecular flexibility index (Phi) is 20.0. The minimum absolute atomic E-state index is 0.0471. The fraction of sp³-hybridized carbons (Fsp3) is 0.857. The molecule has 2 heterocycles. The Morgan fingerprint density at radius 3 is 1.81 bits per heavy atom. The lowest BCUT2D eigenvalue weighted by Gasteiger charge is -2.16. The number of thioether (sulfide) groups is 1. The Bertz CT molecular complexity index is 793. The number of rotatable bonds is 26. The average molecular weight is 618 g/mol. The highest BCUT2D eigenvalue weighted by Gasteiger charge is 2.42. The maximum atomic E-state index is 12.0. The predicted molar refractivity (Wildman–Crippen MR) is 160 cm³/mol. The summed E-state index contributed by atoms with van der Waals surface area (Å²) in [4.78, 5) is 46.8. The van der Waals surface area contributed by atoms with Crippen molar-refractivity contribution in [3.8, 4) is 0 Å². The molecule has 0 saturated carbocycles. The second-order valence-corrected chi connectivity index (χ2v) is 11.7. The summed E-state index contributed by atoms with van der Waals surface area (Å²) in [5.41, 5.74) is 0. The van der Waals surface area contributed by atoms with Crippen molar-refractivity contribution in [1.82, 2.24) is 26.6 Å². The van der Waals surface area contributed by atoms with Crippen molar-refractivity contribution >= 4 is 35.5 Å². The SMILES string of the molecule is O=C(CCCC[C@@H]1SC[C@@H]2NC(=O)N[C@@H]21)NCCCOCCOCCOCCCNC(=O)CCCC(=O)NCCCO. The van der Waals surface area contributed by atoms with Gasteiger partial charge in [-0.3, -0.25) is 14.4 Å². The summed E-state index contributed by atoms with van der Waals surface area (Å²) in [6.07, 6.45) is 6.46. The van der Waals surface area contributed by atoms with Crippen molar-refractivity contribution in [2.75, 3.05) is 71.6 Å². The minimum atomic E-state index is -0.102. The molecule has 2 aliphatic heterocycles. The molecule has 5 amide bonds. The zero-order valence-electron chi connectivity index (χ0n) is 24.8. The smallest absolute Gasteiger partial charge is 0.315 e. The highest BCUT2D eigenvalue weighted by molar-refractivity contribution is 8.00. The van der Waals surface area contributed by atoms with Crippen LogP contribution in [0, 0.1) is 0 Å². The Labute approximate surface area is 253 Å². The average Bonchev–Trinajstić information content (AvgIpc) is 3.52. The Morgan fingerprint density at radius 2 is 1.24 bits per heavy atom. The number of fused-ring (bicyclic) bond motifs is 1. The van der Waals surface area contributed by atoms with Crippen molar-refractivity contribution in [2.45, 2.75) is 81.5 Å². The number of unbranched alkanes of at least 4 members (excludes halogenated alkanes) is 1. The normalized spacial score (nSPS) is 19.2. The van der Waals surface area contributed by atoms with Crippen molar-refractivity contribution in [1.29, 1.82) is 0 Å². The van der Waals surface area contributed by atoms with Gasteiger partial charge in [0.15, 0.2) is 0 Å². The van der Waals surface area contributed by atoms with Crippen LogP contribution in [0.15, 0.2) is 0 Å². The van der Waals surface area contributed by atoms with E-state index in [4.69, 9.17) is 19.3 Å². The second kappa shape index (κ2) is 23.3. The van der Waals surface area contributed by atoms with Crippen LogP contribution in [0.5, 0.6) is 0 Å². The van der Waals surface area contributed by atoms with Crippen molar-refractivity contribution in [2.24, 2.45) is 0 Å². The fourth-order valence-corrected chi connectivity index (χ4v) is 6.15. The zero-order chi connectivity index (χ0) is 30.3. The van der Waals surface area contributed by atoms with E-state index in [1.54, 1.807) is 0 Å². The number of aliphatic hydroxyl groups is 1. The van der Waals surface area contributed by atoms with Gasteiger partial charge in [-0.15, -0.1) is 0 Å². The van der Waals surface area contributed by atoms with Crippen LogP contribution in [0.4, 0.5) is 4.79 Å². The van der Waals surface area contributed by atoms with E-state index >= 15 is 0 Å². The first-order chi connectivity index (χ1) is 20.5. The Balaban J connectivity index is 1.24. The molecule has 2 saturated heterocycles. The molecule has 0 aromatic heterocycles. The van der Waals surface area contributed by atoms with Gasteiger partial charge >= 0.3 is 6.03 Å². The van der Waals surface area contributed by atoms with E-state index in [0.717, 1.165) is 31.4 Å². The first-order valence-electron chi connectivity index (χ1n) is 15.3. The summed E-state index contributed by atoms with van der Waals surface area (Å²) in [6, 6.07) is 0.411. The molecule has 0 aromatic carbocycles. The largest absolute Gasteiger partial charge is 0.396 e. The number of amides is 5. The van der Waals surface area contributed by atoms with Gasteiger partial charge in [-0.05, 0) is 38.5 Å². The third-order valence-corrected chi connectivity index (χ3v) is 8.37. The van der Waals surface area contributed by atoms with Crippen LogP contribution >= 0.6 is 11.8 Å². The summed E-state index contributed by atoms with van der Waals surface area (Å²) in [6.45, 7) is 4.61. The lowest BCUT2D eigenvalue weighted by atomic mass is 10.0. The van der Waals surface area contributed by atoms with Crippen LogP contribution in [0.2, 0.25) is 0 Å². The Morgan fingerprint density at radius 1 is 0.714 bits per heavy atom. The standard InChI is InChI=1S/C28H51N5O8S/c34-14-4-11-29-25(36)9-3-10-26(37)31-13-6-16-40-18-20-41-19-17-39-15-5-12-30-24(35)8-2-1-7-23-27-22(21-42-23)32-28(38)33-27/h22-23,27,34H,1-21H2,(H,29,36)(H,30,35)(H,31,37)(H2,32,33,38)/t22-,23-,27-/m0/s1. The molecule has 3 atom stereocenters. The van der Waals surface area contributed by atoms with E-state index in [9.17, 15) is 19.2 Å². The van der Waals surface area contributed by atoms with Gasteiger partial charge in [0.25, 0.3) is 0 Å². The maximum Gasteiger partial charge on any atom is 0.315 e. The van der Waals surface area contributed by atoms with Crippen molar-refractivity contribution < 1.29 is 38.5 Å². The van der Waals surface area contributed by atoms with Gasteiger partial charge < -0.3 is 45.9 Å². The maximum absolute atomic E-state index is 12.0. The van der Waals surface area contributed by atoms with E-state index in [2.05, 4.69) is 26.6 Å². The highest BCUT2D eigenvalue weighted by Crippen LogP contribution is 2.33. The number of aliphatic hydroxyl groups excluding tert-OH is 1. The van der Waals surface area contributed by atoms with Gasteiger partial charge in [0.2, 0.25) is 17.7 Å². The molecule has 0 aliphatic carbocycles. The van der Waals surface area contributed by atoms with Crippen molar-refractivity contribution in [3.05, 3.63) is 0 Å². The predicted octanol–water partition coefficient (Wildman–Crippen LogP) is 0.444. The van der Waals surface area contributed by atoms with Crippen molar-refractivity contribution in [3.63, 3.8) is 0 Å². The number of hydrogen-bond donors (Lipinski definition) is 6. The zero-order valence-corrected chi connectivity index (χ0v) is 25.6. The molecular formula is C28H51N5O8S. The summed E-state index contributed by atoms with van der Waals surface area (Å²) in [5, 5.41) is 23.5. The van der Waals surface area contributed by atoms with E-state index in [-0.39, 0.29) is 42.4 Å². The second-order valence-electron chi connectivity index (χ2n) is 10.4. The molecule has 6 N–H and O–H groups in total. The number of urea groups is 1. The molecule has 2 rings (SSSR count). The number of nitrogens with one attached hydrogen (secondary N) is 5. The van der Waals surface area contributed by atoms with Crippen LogP contribution in [-0.4, -0.2) is 118 Å². The minimum Gasteiger partial charge on any atom is -0.396 e. The van der Waals surface area contributed by atoms with Gasteiger partial charge in [-0.1, -0.05) is 6.42 Å². The molecule has 0 radical (unpaired) electrons. The molecule has 2 aliphatic rings. The van der Waals surface area contributed by atoms with E-state index < -0.39 is 0 Å². The molecule has 0 unspecified atom stereocenters. The third-order valence-electron chi connectivity index (χ3n) is 6.86. The van der Waals surface area contributed by atoms with Gasteiger partial charge in [-0.2, -0.15) is 11.8 Å². The molecule has 242 valence electrons. The van der Waals surface area contributed by atoms with Crippen LogP contribution in [-0.2, 0) is 28.6 Å². The van der Waals surface area contributed by atoms with E-state index in [1.165, 1.54) is 0 Å². The summed E-state index contributed by atoms with van der Waals surface area (Å²) >= 11 is 1.90. The topological polar surface area (TPSA) is 176 Å². The lowest BCUT2D eigenvalue weighted by molar-refractivity contribution is -0.123. The first kappa shape index (κ1) is 36.1. The van der Waals surface area contributed by atoms with E-state index in [0.29, 0.717) is 103 Å². The van der Waals surface area contributed by atoms with Crippen LogP contribution in [0.3, 0.4) is 0 Å². The third kappa shape index (κ3) is 17.1. The first-order valence-corrected chi connectivity index (χ1v) is 16.4. The summed E-state index contributed by atoms with van der Waals surface area (Å²) in [5.74, 6) is 0.852. The molecule has 2 fully saturated rings. The lowest BCUT2D eigenvalue weighted by Crippen LogP contribution is -2.36. The molecule has 14 heteroatoms. The number of carbonyl (C=O) groups is 4. The molecule has 0 aromatic rings. The number of carbonyl (C=O) groups excluding carboxylic acids is 4. The molecule has 42 heavy (non-hydrogen) atoms.